The standard InChI is InChI=1S/C22H32FN3O3/c1-25(2)15-22(9-11-29-12-10-22)14-24-21(28)18-7-8-19(27)26(3)20(18)16-5-4-6-17(23)13-16/h4-6,13,18,20H,7-12,14-15H2,1-3H3,(H,24,28). The first-order chi connectivity index (χ1) is 13.8. The van der Waals surface area contributed by atoms with Gasteiger partial charge in [-0.3, -0.25) is 9.59 Å². The maximum atomic E-state index is 13.8. The number of piperidine rings is 1. The highest BCUT2D eigenvalue weighted by Gasteiger charge is 2.40. The molecular formula is C22H32FN3O3. The van der Waals surface area contributed by atoms with Crippen LogP contribution >= 0.6 is 0 Å². The molecule has 0 aromatic heterocycles. The van der Waals surface area contributed by atoms with E-state index in [-0.39, 0.29) is 23.0 Å². The Bertz CT molecular complexity index is 734. The highest BCUT2D eigenvalue weighted by molar-refractivity contribution is 5.84. The monoisotopic (exact) mass is 405 g/mol. The highest BCUT2D eigenvalue weighted by atomic mass is 19.1. The van der Waals surface area contributed by atoms with E-state index >= 15 is 0 Å². The van der Waals surface area contributed by atoms with Crippen LogP contribution in [0, 0.1) is 17.2 Å². The molecular weight excluding hydrogens is 373 g/mol. The zero-order valence-electron chi connectivity index (χ0n) is 17.6. The van der Waals surface area contributed by atoms with E-state index < -0.39 is 12.0 Å². The molecule has 2 atom stereocenters. The lowest BCUT2D eigenvalue weighted by Gasteiger charge is -2.41. The summed E-state index contributed by atoms with van der Waals surface area (Å²) in [4.78, 5) is 29.2. The van der Waals surface area contributed by atoms with E-state index in [1.54, 1.807) is 24.1 Å². The molecule has 1 N–H and O–H groups in total. The number of carbonyl (C=O) groups is 2. The zero-order chi connectivity index (χ0) is 21.0. The van der Waals surface area contributed by atoms with Gasteiger partial charge in [-0.05, 0) is 51.1 Å². The minimum Gasteiger partial charge on any atom is -0.381 e. The Balaban J connectivity index is 1.76. The van der Waals surface area contributed by atoms with Crippen LogP contribution in [0.15, 0.2) is 24.3 Å². The van der Waals surface area contributed by atoms with E-state index in [0.717, 1.165) is 19.4 Å². The number of nitrogens with zero attached hydrogens (tertiary/aromatic N) is 2. The van der Waals surface area contributed by atoms with Crippen molar-refractivity contribution in [3.8, 4) is 0 Å². The Labute approximate surface area is 172 Å². The van der Waals surface area contributed by atoms with Crippen LogP contribution in [-0.2, 0) is 14.3 Å². The lowest BCUT2D eigenvalue weighted by molar-refractivity contribution is -0.142. The molecule has 29 heavy (non-hydrogen) atoms. The van der Waals surface area contributed by atoms with Crippen molar-refractivity contribution < 1.29 is 18.7 Å². The fourth-order valence-electron chi connectivity index (χ4n) is 4.73. The van der Waals surface area contributed by atoms with Gasteiger partial charge in [0.1, 0.15) is 5.82 Å². The molecule has 2 fully saturated rings. The van der Waals surface area contributed by atoms with Crippen LogP contribution in [0.25, 0.3) is 0 Å². The topological polar surface area (TPSA) is 61.9 Å². The van der Waals surface area contributed by atoms with Gasteiger partial charge in [-0.25, -0.2) is 4.39 Å². The third-order valence-corrected chi connectivity index (χ3v) is 6.23. The van der Waals surface area contributed by atoms with Gasteiger partial charge >= 0.3 is 0 Å². The third kappa shape index (κ3) is 5.14. The van der Waals surface area contributed by atoms with Crippen molar-refractivity contribution in [3.63, 3.8) is 0 Å². The number of halogens is 1. The van der Waals surface area contributed by atoms with Crippen LogP contribution in [0.5, 0.6) is 0 Å². The average molecular weight is 406 g/mol. The molecule has 0 aliphatic carbocycles. The van der Waals surface area contributed by atoms with Crippen LogP contribution in [0.2, 0.25) is 0 Å². The summed E-state index contributed by atoms with van der Waals surface area (Å²) in [5.41, 5.74) is 0.650. The van der Waals surface area contributed by atoms with Crippen LogP contribution in [0.3, 0.4) is 0 Å². The average Bonchev–Trinajstić information content (AvgIpc) is 2.68. The molecule has 3 rings (SSSR count). The number of benzene rings is 1. The Morgan fingerprint density at radius 3 is 2.72 bits per heavy atom. The minimum atomic E-state index is -0.452. The molecule has 2 unspecified atom stereocenters. The lowest BCUT2D eigenvalue weighted by atomic mass is 9.79. The molecule has 0 radical (unpaired) electrons. The molecule has 7 heteroatoms. The fraction of sp³-hybridized carbons (Fsp3) is 0.636. The van der Waals surface area contributed by atoms with Gasteiger partial charge in [0.05, 0.1) is 12.0 Å². The fourth-order valence-corrected chi connectivity index (χ4v) is 4.73. The van der Waals surface area contributed by atoms with Gasteiger partial charge in [-0.15, -0.1) is 0 Å². The molecule has 2 heterocycles. The summed E-state index contributed by atoms with van der Waals surface area (Å²) in [6.45, 7) is 2.87. The van der Waals surface area contributed by atoms with Crippen LogP contribution in [-0.4, -0.2) is 69.1 Å². The van der Waals surface area contributed by atoms with Gasteiger partial charge in [0, 0.05) is 45.2 Å². The predicted octanol–water partition coefficient (Wildman–Crippen LogP) is 2.21. The molecule has 6 nitrogen and oxygen atoms in total. The maximum Gasteiger partial charge on any atom is 0.225 e. The molecule has 0 saturated carbocycles. The predicted molar refractivity (Wildman–Crippen MR) is 109 cm³/mol. The minimum absolute atomic E-state index is 0.0118. The summed E-state index contributed by atoms with van der Waals surface area (Å²) in [6, 6.07) is 5.76. The zero-order valence-corrected chi connectivity index (χ0v) is 17.6. The van der Waals surface area contributed by atoms with Crippen molar-refractivity contribution >= 4 is 11.8 Å². The van der Waals surface area contributed by atoms with Gasteiger partial charge in [-0.2, -0.15) is 0 Å². The van der Waals surface area contributed by atoms with E-state index in [4.69, 9.17) is 4.74 Å². The summed E-state index contributed by atoms with van der Waals surface area (Å²) in [6.07, 6.45) is 2.61. The van der Waals surface area contributed by atoms with Gasteiger partial charge < -0.3 is 19.9 Å². The number of rotatable bonds is 6. The second kappa shape index (κ2) is 9.22. The van der Waals surface area contributed by atoms with Gasteiger partial charge in [0.2, 0.25) is 11.8 Å². The molecule has 0 spiro atoms. The SMILES string of the molecule is CN(C)CC1(CNC(=O)C2CCC(=O)N(C)C2c2cccc(F)c2)CCOCC1. The van der Waals surface area contributed by atoms with E-state index in [2.05, 4.69) is 10.2 Å². The summed E-state index contributed by atoms with van der Waals surface area (Å²) in [5.74, 6) is -0.837. The molecule has 2 saturated heterocycles. The summed E-state index contributed by atoms with van der Waals surface area (Å²) in [5, 5.41) is 3.17. The van der Waals surface area contributed by atoms with Crippen molar-refractivity contribution in [2.24, 2.45) is 11.3 Å². The van der Waals surface area contributed by atoms with Gasteiger partial charge in [0.25, 0.3) is 0 Å². The van der Waals surface area contributed by atoms with Crippen molar-refractivity contribution in [2.45, 2.75) is 31.7 Å². The second-order valence-electron chi connectivity index (χ2n) is 8.72. The molecule has 1 aromatic carbocycles. The van der Waals surface area contributed by atoms with E-state index in [1.807, 2.05) is 14.1 Å². The number of nitrogens with one attached hydrogen (secondary N) is 1. The smallest absolute Gasteiger partial charge is 0.225 e. The number of hydrogen-bond donors (Lipinski definition) is 1. The first-order valence-electron chi connectivity index (χ1n) is 10.3. The molecule has 2 amide bonds. The maximum absolute atomic E-state index is 13.8. The van der Waals surface area contributed by atoms with E-state index in [1.165, 1.54) is 12.1 Å². The van der Waals surface area contributed by atoms with Crippen molar-refractivity contribution in [2.75, 3.05) is 47.4 Å². The first kappa shape index (κ1) is 21.7. The largest absolute Gasteiger partial charge is 0.381 e. The number of likely N-dealkylation sites (tertiary alicyclic amines) is 1. The van der Waals surface area contributed by atoms with Gasteiger partial charge in [-0.1, -0.05) is 12.1 Å². The Morgan fingerprint density at radius 2 is 2.07 bits per heavy atom. The third-order valence-electron chi connectivity index (χ3n) is 6.23. The molecule has 2 aliphatic rings. The van der Waals surface area contributed by atoms with Gasteiger partial charge in [0.15, 0.2) is 0 Å². The Hall–Kier alpha value is -1.99. The van der Waals surface area contributed by atoms with Crippen molar-refractivity contribution in [1.82, 2.24) is 15.1 Å². The van der Waals surface area contributed by atoms with E-state index in [9.17, 15) is 14.0 Å². The molecule has 1 aromatic rings. The number of carbonyl (C=O) groups excluding carboxylic acids is 2. The molecule has 2 aliphatic heterocycles. The number of ether oxygens (including phenoxy) is 1. The second-order valence-corrected chi connectivity index (χ2v) is 8.72. The molecule has 0 bridgehead atoms. The first-order valence-corrected chi connectivity index (χ1v) is 10.3. The summed E-state index contributed by atoms with van der Waals surface area (Å²) >= 11 is 0. The summed E-state index contributed by atoms with van der Waals surface area (Å²) in [7, 11) is 5.78. The van der Waals surface area contributed by atoms with Crippen LogP contribution in [0.1, 0.15) is 37.3 Å². The quantitative estimate of drug-likeness (QED) is 0.788. The van der Waals surface area contributed by atoms with Crippen LogP contribution in [0.4, 0.5) is 4.39 Å². The number of amides is 2. The Morgan fingerprint density at radius 1 is 1.34 bits per heavy atom. The van der Waals surface area contributed by atoms with Crippen molar-refractivity contribution in [3.05, 3.63) is 35.6 Å². The van der Waals surface area contributed by atoms with Crippen molar-refractivity contribution in [1.29, 1.82) is 0 Å². The lowest BCUT2D eigenvalue weighted by Crippen LogP contribution is -2.51. The van der Waals surface area contributed by atoms with E-state index in [0.29, 0.717) is 38.2 Å². The summed E-state index contributed by atoms with van der Waals surface area (Å²) < 4.78 is 19.3. The number of hydrogen-bond acceptors (Lipinski definition) is 4. The normalized spacial score (nSPS) is 24.6. The molecule has 160 valence electrons. The Kier molecular flexibility index (Phi) is 6.90. The highest BCUT2D eigenvalue weighted by Crippen LogP contribution is 2.37. The van der Waals surface area contributed by atoms with Crippen LogP contribution < -0.4 is 5.32 Å².